The molecular formula is C17H17ClFNS. The van der Waals surface area contributed by atoms with E-state index in [0.717, 1.165) is 23.9 Å². The summed E-state index contributed by atoms with van der Waals surface area (Å²) in [6.45, 7) is 0.948. The molecule has 0 amide bonds. The summed E-state index contributed by atoms with van der Waals surface area (Å²) < 4.78 is 13.1. The van der Waals surface area contributed by atoms with Gasteiger partial charge in [0.05, 0.1) is 5.02 Å². The molecule has 1 nitrogen and oxygen atoms in total. The van der Waals surface area contributed by atoms with Crippen LogP contribution in [0, 0.1) is 5.82 Å². The molecule has 4 heteroatoms. The lowest BCUT2D eigenvalue weighted by atomic mass is 10.2. The summed E-state index contributed by atoms with van der Waals surface area (Å²) in [4.78, 5) is 1.21. The Morgan fingerprint density at radius 2 is 1.81 bits per heavy atom. The Kier molecular flexibility index (Phi) is 4.84. The number of benzene rings is 2. The van der Waals surface area contributed by atoms with Crippen LogP contribution in [0.15, 0.2) is 47.4 Å². The van der Waals surface area contributed by atoms with E-state index < -0.39 is 0 Å². The average Bonchev–Trinajstić information content (AvgIpc) is 3.32. The third-order valence-corrected chi connectivity index (χ3v) is 4.86. The number of halogens is 2. The molecule has 110 valence electrons. The van der Waals surface area contributed by atoms with E-state index in [1.807, 2.05) is 0 Å². The largest absolute Gasteiger partial charge is 0.310 e. The quantitative estimate of drug-likeness (QED) is 0.749. The maximum atomic E-state index is 13.1. The van der Waals surface area contributed by atoms with Gasteiger partial charge in [-0.25, -0.2) is 4.39 Å². The minimum atomic E-state index is -0.363. The highest BCUT2D eigenvalue weighted by Gasteiger charge is 2.19. The van der Waals surface area contributed by atoms with Crippen molar-refractivity contribution >= 4 is 23.4 Å². The van der Waals surface area contributed by atoms with Gasteiger partial charge in [0, 0.05) is 23.2 Å². The second-order valence-corrected chi connectivity index (χ2v) is 6.79. The van der Waals surface area contributed by atoms with Crippen LogP contribution in [0.1, 0.15) is 24.0 Å². The van der Waals surface area contributed by atoms with Gasteiger partial charge in [0.15, 0.2) is 0 Å². The molecule has 1 saturated carbocycles. The third kappa shape index (κ3) is 4.47. The van der Waals surface area contributed by atoms with Crippen molar-refractivity contribution in [3.05, 3.63) is 64.4 Å². The summed E-state index contributed by atoms with van der Waals surface area (Å²) in [5.74, 6) is 0.428. The van der Waals surface area contributed by atoms with Crippen molar-refractivity contribution in [3.8, 4) is 0 Å². The smallest absolute Gasteiger partial charge is 0.141 e. The van der Waals surface area contributed by atoms with Gasteiger partial charge in [-0.3, -0.25) is 0 Å². The molecule has 0 saturated heterocycles. The van der Waals surface area contributed by atoms with E-state index in [2.05, 4.69) is 29.6 Å². The van der Waals surface area contributed by atoms with Gasteiger partial charge in [0.2, 0.25) is 0 Å². The zero-order valence-corrected chi connectivity index (χ0v) is 13.2. The second kappa shape index (κ2) is 6.82. The summed E-state index contributed by atoms with van der Waals surface area (Å²) in [6.07, 6.45) is 2.63. The molecule has 0 aliphatic heterocycles. The van der Waals surface area contributed by atoms with Gasteiger partial charge in [-0.1, -0.05) is 29.8 Å². The van der Waals surface area contributed by atoms with Crippen LogP contribution in [0.4, 0.5) is 4.39 Å². The van der Waals surface area contributed by atoms with E-state index in [-0.39, 0.29) is 10.8 Å². The molecule has 1 aliphatic rings. The number of nitrogens with one attached hydrogen (secondary N) is 1. The van der Waals surface area contributed by atoms with Crippen LogP contribution in [0.5, 0.6) is 0 Å². The number of hydrogen-bond acceptors (Lipinski definition) is 2. The molecule has 0 atom stereocenters. The molecule has 1 N–H and O–H groups in total. The van der Waals surface area contributed by atoms with Gasteiger partial charge in [-0.15, -0.1) is 11.8 Å². The fraction of sp³-hybridized carbons (Fsp3) is 0.294. The Balaban J connectivity index is 1.53. The van der Waals surface area contributed by atoms with Crippen LogP contribution >= 0.6 is 23.4 Å². The van der Waals surface area contributed by atoms with Crippen molar-refractivity contribution < 1.29 is 4.39 Å². The van der Waals surface area contributed by atoms with Gasteiger partial charge in [-0.2, -0.15) is 0 Å². The summed E-state index contributed by atoms with van der Waals surface area (Å²) >= 11 is 7.52. The monoisotopic (exact) mass is 321 g/mol. The fourth-order valence-electron chi connectivity index (χ4n) is 2.05. The molecule has 3 rings (SSSR count). The van der Waals surface area contributed by atoms with Crippen molar-refractivity contribution in [2.45, 2.75) is 36.1 Å². The van der Waals surface area contributed by atoms with Crippen molar-refractivity contribution in [2.75, 3.05) is 0 Å². The van der Waals surface area contributed by atoms with E-state index in [0.29, 0.717) is 0 Å². The number of rotatable bonds is 6. The van der Waals surface area contributed by atoms with Crippen molar-refractivity contribution in [2.24, 2.45) is 0 Å². The fourth-order valence-corrected chi connectivity index (χ4v) is 3.09. The van der Waals surface area contributed by atoms with Gasteiger partial charge in [0.1, 0.15) is 5.82 Å². The molecule has 0 heterocycles. The van der Waals surface area contributed by atoms with Crippen molar-refractivity contribution in [3.63, 3.8) is 0 Å². The van der Waals surface area contributed by atoms with Crippen LogP contribution < -0.4 is 5.32 Å². The van der Waals surface area contributed by atoms with Crippen LogP contribution in [0.3, 0.4) is 0 Å². The summed E-state index contributed by atoms with van der Waals surface area (Å²) in [5, 5.41) is 3.69. The van der Waals surface area contributed by atoms with E-state index in [9.17, 15) is 4.39 Å². The van der Waals surface area contributed by atoms with Gasteiger partial charge >= 0.3 is 0 Å². The molecule has 0 unspecified atom stereocenters. The Morgan fingerprint density at radius 1 is 1.10 bits per heavy atom. The summed E-state index contributed by atoms with van der Waals surface area (Å²) in [6, 6.07) is 14.2. The summed E-state index contributed by atoms with van der Waals surface area (Å²) in [7, 11) is 0. The maximum absolute atomic E-state index is 13.1. The Morgan fingerprint density at radius 3 is 2.48 bits per heavy atom. The number of thioether (sulfide) groups is 1. The predicted octanol–water partition coefficient (Wildman–Crippen LogP) is 5.02. The first-order valence-corrected chi connectivity index (χ1v) is 8.46. The standard InChI is InChI=1S/C17H17ClFNS/c18-16-9-13(3-8-17(16)19)11-21-15-6-1-12(2-7-15)10-20-14-4-5-14/h1-3,6-9,14,20H,4-5,10-11H2. The highest BCUT2D eigenvalue weighted by atomic mass is 35.5. The Bertz CT molecular complexity index is 611. The maximum Gasteiger partial charge on any atom is 0.141 e. The topological polar surface area (TPSA) is 12.0 Å². The van der Waals surface area contributed by atoms with Crippen LogP contribution in [-0.2, 0) is 12.3 Å². The molecule has 0 spiro atoms. The van der Waals surface area contributed by atoms with E-state index in [1.54, 1.807) is 23.9 Å². The molecule has 0 bridgehead atoms. The lowest BCUT2D eigenvalue weighted by Crippen LogP contribution is -2.14. The zero-order valence-electron chi connectivity index (χ0n) is 11.6. The van der Waals surface area contributed by atoms with Crippen LogP contribution in [-0.4, -0.2) is 6.04 Å². The molecular weight excluding hydrogens is 305 g/mol. The molecule has 0 radical (unpaired) electrons. The second-order valence-electron chi connectivity index (χ2n) is 5.34. The normalized spacial score (nSPS) is 14.4. The SMILES string of the molecule is Fc1ccc(CSc2ccc(CNC3CC3)cc2)cc1Cl. The van der Waals surface area contributed by atoms with E-state index in [4.69, 9.17) is 11.6 Å². The van der Waals surface area contributed by atoms with E-state index >= 15 is 0 Å². The van der Waals surface area contributed by atoms with E-state index in [1.165, 1.54) is 29.4 Å². The van der Waals surface area contributed by atoms with Crippen LogP contribution in [0.25, 0.3) is 0 Å². The molecule has 2 aromatic rings. The lowest BCUT2D eigenvalue weighted by molar-refractivity contribution is 0.628. The first-order chi connectivity index (χ1) is 10.2. The predicted molar refractivity (Wildman–Crippen MR) is 87.3 cm³/mol. The third-order valence-electron chi connectivity index (χ3n) is 3.49. The molecule has 1 fully saturated rings. The Hall–Kier alpha value is -1.03. The minimum Gasteiger partial charge on any atom is -0.310 e. The summed E-state index contributed by atoms with van der Waals surface area (Å²) in [5.41, 5.74) is 2.35. The zero-order chi connectivity index (χ0) is 14.7. The van der Waals surface area contributed by atoms with Crippen molar-refractivity contribution in [1.82, 2.24) is 5.32 Å². The van der Waals surface area contributed by atoms with Crippen LogP contribution in [0.2, 0.25) is 5.02 Å². The Labute approximate surface area is 133 Å². The molecule has 2 aromatic carbocycles. The minimum absolute atomic E-state index is 0.189. The van der Waals surface area contributed by atoms with Gasteiger partial charge in [0.25, 0.3) is 0 Å². The highest BCUT2D eigenvalue weighted by molar-refractivity contribution is 7.98. The molecule has 0 aromatic heterocycles. The molecule has 1 aliphatic carbocycles. The lowest BCUT2D eigenvalue weighted by Gasteiger charge is -2.06. The molecule has 21 heavy (non-hydrogen) atoms. The number of hydrogen-bond donors (Lipinski definition) is 1. The first-order valence-electron chi connectivity index (χ1n) is 7.10. The average molecular weight is 322 g/mol. The van der Waals surface area contributed by atoms with Crippen molar-refractivity contribution in [1.29, 1.82) is 0 Å². The highest BCUT2D eigenvalue weighted by Crippen LogP contribution is 2.26. The first kappa shape index (κ1) is 14.9. The van der Waals surface area contributed by atoms with Gasteiger partial charge < -0.3 is 5.32 Å². The van der Waals surface area contributed by atoms with Gasteiger partial charge in [-0.05, 0) is 48.2 Å².